The van der Waals surface area contributed by atoms with Crippen LogP contribution in [0.15, 0.2) is 35.6 Å². The van der Waals surface area contributed by atoms with Crippen molar-refractivity contribution >= 4 is 12.2 Å². The Labute approximate surface area is 103 Å². The van der Waals surface area contributed by atoms with Crippen molar-refractivity contribution in [2.24, 2.45) is 5.16 Å². The maximum Gasteiger partial charge on any atom is 0.357 e. The summed E-state index contributed by atoms with van der Waals surface area (Å²) in [6, 6.07) is 7.45. The molecule has 0 bridgehead atoms. The Morgan fingerprint density at radius 3 is 2.61 bits per heavy atom. The van der Waals surface area contributed by atoms with Gasteiger partial charge in [-0.3, -0.25) is 0 Å². The second kappa shape index (κ2) is 4.70. The minimum Gasteiger partial charge on any atom is -0.476 e. The summed E-state index contributed by atoms with van der Waals surface area (Å²) in [4.78, 5) is 11.0. The van der Waals surface area contributed by atoms with E-state index < -0.39 is 5.97 Å². The Kier molecular flexibility index (Phi) is 3.09. The molecule has 0 unspecified atom stereocenters. The topological polar surface area (TPSA) is 87.7 Å². The number of rotatable bonds is 3. The monoisotopic (exact) mass is 245 g/mol. The number of aromatic carboxylic acids is 1. The molecule has 0 amide bonds. The average molecular weight is 245 g/mol. The van der Waals surface area contributed by atoms with E-state index in [1.807, 2.05) is 31.2 Å². The molecule has 0 saturated heterocycles. The van der Waals surface area contributed by atoms with Gasteiger partial charge in [-0.2, -0.15) is 5.10 Å². The van der Waals surface area contributed by atoms with Crippen LogP contribution in [0.4, 0.5) is 0 Å². The van der Waals surface area contributed by atoms with Crippen LogP contribution in [0.25, 0.3) is 5.69 Å². The number of hydrogen-bond acceptors (Lipinski definition) is 4. The highest BCUT2D eigenvalue weighted by atomic mass is 16.4. The standard InChI is InChI=1S/C12H11N3O3/c1-8-2-4-10(5-3-8)15-7-9(6-13-18)11(14-15)12(16)17/h2-7,18H,1H3,(H,16,17)/b13-6+. The molecule has 6 heteroatoms. The van der Waals surface area contributed by atoms with E-state index in [9.17, 15) is 4.79 Å². The van der Waals surface area contributed by atoms with Crippen LogP contribution < -0.4 is 0 Å². The largest absolute Gasteiger partial charge is 0.476 e. The first-order valence-corrected chi connectivity index (χ1v) is 5.19. The van der Waals surface area contributed by atoms with Crippen LogP contribution >= 0.6 is 0 Å². The van der Waals surface area contributed by atoms with Gasteiger partial charge in [0.15, 0.2) is 5.69 Å². The molecule has 0 aliphatic carbocycles. The minimum atomic E-state index is -1.17. The van der Waals surface area contributed by atoms with Crippen LogP contribution in [0.1, 0.15) is 21.6 Å². The van der Waals surface area contributed by atoms with E-state index in [2.05, 4.69) is 10.3 Å². The van der Waals surface area contributed by atoms with Gasteiger partial charge in [-0.05, 0) is 19.1 Å². The maximum atomic E-state index is 11.0. The van der Waals surface area contributed by atoms with E-state index in [1.165, 1.54) is 10.9 Å². The maximum absolute atomic E-state index is 11.0. The van der Waals surface area contributed by atoms with Crippen molar-refractivity contribution in [3.63, 3.8) is 0 Å². The Balaban J connectivity index is 2.49. The number of nitrogens with zero attached hydrogens (tertiary/aromatic N) is 3. The van der Waals surface area contributed by atoms with Gasteiger partial charge >= 0.3 is 5.97 Å². The average Bonchev–Trinajstić information content (AvgIpc) is 2.75. The number of aryl methyl sites for hydroxylation is 1. The zero-order valence-corrected chi connectivity index (χ0v) is 9.61. The van der Waals surface area contributed by atoms with Crippen molar-refractivity contribution in [3.05, 3.63) is 47.3 Å². The molecule has 0 aliphatic rings. The SMILES string of the molecule is Cc1ccc(-n2cc(/C=N/O)c(C(=O)O)n2)cc1. The number of benzene rings is 1. The third-order valence-electron chi connectivity index (χ3n) is 2.44. The molecule has 0 spiro atoms. The first kappa shape index (κ1) is 11.8. The Bertz CT molecular complexity index is 600. The van der Waals surface area contributed by atoms with Crippen molar-refractivity contribution in [2.75, 3.05) is 0 Å². The van der Waals surface area contributed by atoms with Gasteiger partial charge in [-0.1, -0.05) is 22.9 Å². The molecular weight excluding hydrogens is 234 g/mol. The zero-order chi connectivity index (χ0) is 13.1. The number of aromatic nitrogens is 2. The molecule has 0 atom stereocenters. The lowest BCUT2D eigenvalue weighted by molar-refractivity contribution is 0.0690. The molecule has 0 saturated carbocycles. The molecule has 92 valence electrons. The van der Waals surface area contributed by atoms with Gasteiger partial charge in [0.1, 0.15) is 0 Å². The third kappa shape index (κ3) is 2.22. The van der Waals surface area contributed by atoms with Crippen molar-refractivity contribution < 1.29 is 15.1 Å². The van der Waals surface area contributed by atoms with Gasteiger partial charge in [0.2, 0.25) is 0 Å². The van der Waals surface area contributed by atoms with E-state index in [0.29, 0.717) is 0 Å². The summed E-state index contributed by atoms with van der Waals surface area (Å²) in [5.41, 5.74) is 1.92. The summed E-state index contributed by atoms with van der Waals surface area (Å²) in [5, 5.41) is 24.2. The fraction of sp³-hybridized carbons (Fsp3) is 0.0833. The van der Waals surface area contributed by atoms with Crippen LogP contribution in [0.3, 0.4) is 0 Å². The second-order valence-electron chi connectivity index (χ2n) is 3.76. The van der Waals surface area contributed by atoms with E-state index in [4.69, 9.17) is 10.3 Å². The molecule has 0 aliphatic heterocycles. The van der Waals surface area contributed by atoms with Crippen LogP contribution in [0.5, 0.6) is 0 Å². The van der Waals surface area contributed by atoms with Crippen molar-refractivity contribution in [1.29, 1.82) is 0 Å². The quantitative estimate of drug-likeness (QED) is 0.489. The molecule has 0 fully saturated rings. The van der Waals surface area contributed by atoms with Gasteiger partial charge in [0.05, 0.1) is 11.9 Å². The van der Waals surface area contributed by atoms with Gasteiger partial charge in [0.25, 0.3) is 0 Å². The smallest absolute Gasteiger partial charge is 0.357 e. The fourth-order valence-electron chi connectivity index (χ4n) is 1.54. The Hall–Kier alpha value is -2.63. The summed E-state index contributed by atoms with van der Waals surface area (Å²) in [7, 11) is 0. The molecule has 1 aromatic carbocycles. The fourth-order valence-corrected chi connectivity index (χ4v) is 1.54. The molecule has 2 N–H and O–H groups in total. The van der Waals surface area contributed by atoms with Gasteiger partial charge in [-0.25, -0.2) is 9.48 Å². The molecule has 2 rings (SSSR count). The van der Waals surface area contributed by atoms with E-state index in [1.54, 1.807) is 0 Å². The van der Waals surface area contributed by atoms with Crippen LogP contribution in [0, 0.1) is 6.92 Å². The normalized spacial score (nSPS) is 10.9. The predicted molar refractivity (Wildman–Crippen MR) is 64.6 cm³/mol. The van der Waals surface area contributed by atoms with Gasteiger partial charge in [0, 0.05) is 11.8 Å². The minimum absolute atomic E-state index is 0.159. The Morgan fingerprint density at radius 1 is 1.39 bits per heavy atom. The van der Waals surface area contributed by atoms with E-state index >= 15 is 0 Å². The van der Waals surface area contributed by atoms with Crippen molar-refractivity contribution in [3.8, 4) is 5.69 Å². The van der Waals surface area contributed by atoms with E-state index in [-0.39, 0.29) is 11.3 Å². The number of oxime groups is 1. The number of carboxylic acid groups (broad SMARTS) is 1. The third-order valence-corrected chi connectivity index (χ3v) is 2.44. The lowest BCUT2D eigenvalue weighted by atomic mass is 10.2. The molecule has 6 nitrogen and oxygen atoms in total. The molecule has 18 heavy (non-hydrogen) atoms. The molecule has 1 heterocycles. The molecule has 1 aromatic heterocycles. The first-order chi connectivity index (χ1) is 8.61. The number of hydrogen-bond donors (Lipinski definition) is 2. The number of carbonyl (C=O) groups is 1. The first-order valence-electron chi connectivity index (χ1n) is 5.19. The second-order valence-corrected chi connectivity index (χ2v) is 3.76. The lowest BCUT2D eigenvalue weighted by Crippen LogP contribution is -2.02. The zero-order valence-electron chi connectivity index (χ0n) is 9.61. The highest BCUT2D eigenvalue weighted by Crippen LogP contribution is 2.12. The molecule has 2 aromatic rings. The van der Waals surface area contributed by atoms with Gasteiger partial charge in [-0.15, -0.1) is 0 Å². The van der Waals surface area contributed by atoms with Crippen LogP contribution in [-0.4, -0.2) is 32.3 Å². The van der Waals surface area contributed by atoms with Crippen LogP contribution in [0.2, 0.25) is 0 Å². The van der Waals surface area contributed by atoms with Crippen LogP contribution in [-0.2, 0) is 0 Å². The van der Waals surface area contributed by atoms with Crippen molar-refractivity contribution in [2.45, 2.75) is 6.92 Å². The van der Waals surface area contributed by atoms with Crippen molar-refractivity contribution in [1.82, 2.24) is 9.78 Å². The predicted octanol–water partition coefficient (Wildman–Crippen LogP) is 1.69. The highest BCUT2D eigenvalue weighted by Gasteiger charge is 2.15. The highest BCUT2D eigenvalue weighted by molar-refractivity contribution is 5.96. The lowest BCUT2D eigenvalue weighted by Gasteiger charge is -2.00. The molecule has 0 radical (unpaired) electrons. The molecular formula is C12H11N3O3. The van der Waals surface area contributed by atoms with Gasteiger partial charge < -0.3 is 10.3 Å². The number of carboxylic acids is 1. The summed E-state index contributed by atoms with van der Waals surface area (Å²) in [5.74, 6) is -1.17. The van der Waals surface area contributed by atoms with E-state index in [0.717, 1.165) is 17.5 Å². The summed E-state index contributed by atoms with van der Waals surface area (Å²) in [6.07, 6.45) is 2.54. The summed E-state index contributed by atoms with van der Waals surface area (Å²) >= 11 is 0. The summed E-state index contributed by atoms with van der Waals surface area (Å²) < 4.78 is 1.43. The Morgan fingerprint density at radius 2 is 2.06 bits per heavy atom. The summed E-state index contributed by atoms with van der Waals surface area (Å²) in [6.45, 7) is 1.96.